The molecule has 0 bridgehead atoms. The quantitative estimate of drug-likeness (QED) is 0.713. The zero-order chi connectivity index (χ0) is 17.1. The Morgan fingerprint density at radius 2 is 1.88 bits per heavy atom. The number of hydrogen-bond donors (Lipinski definition) is 0. The van der Waals surface area contributed by atoms with Crippen molar-refractivity contribution in [2.45, 2.75) is 44.9 Å². The number of pyridine rings is 1. The topological polar surface area (TPSA) is 47.1 Å². The maximum absolute atomic E-state index is 6.12. The van der Waals surface area contributed by atoms with E-state index in [1.165, 1.54) is 0 Å². The van der Waals surface area contributed by atoms with Crippen LogP contribution in [0.5, 0.6) is 5.75 Å². The summed E-state index contributed by atoms with van der Waals surface area (Å²) in [6.45, 7) is 12.0. The number of ether oxygens (including phenoxy) is 1. The molecule has 1 aromatic rings. The number of rotatable bonds is 1. The van der Waals surface area contributed by atoms with E-state index in [-0.39, 0.29) is 11.2 Å². The van der Waals surface area contributed by atoms with Gasteiger partial charge in [-0.3, -0.25) is 0 Å². The first-order valence-electron chi connectivity index (χ1n) is 8.70. The molecule has 2 fully saturated rings. The molecule has 24 heavy (non-hydrogen) atoms. The van der Waals surface area contributed by atoms with Gasteiger partial charge in [0.15, 0.2) is 11.6 Å². The Morgan fingerprint density at radius 3 is 2.58 bits per heavy atom. The lowest BCUT2D eigenvalue weighted by Gasteiger charge is -2.43. The Hall–Kier alpha value is -1.31. The number of piperazine rings is 1. The lowest BCUT2D eigenvalue weighted by molar-refractivity contribution is 0.00578. The molecule has 4 rings (SSSR count). The van der Waals surface area contributed by atoms with Gasteiger partial charge in [0, 0.05) is 31.3 Å². The molecule has 1 aromatic heterocycles. The number of fused-ring (bicyclic) bond motifs is 3. The largest absolute Gasteiger partial charge is 0.496 e. The molecule has 0 N–H and O–H groups in total. The molecule has 0 spiro atoms. The first-order chi connectivity index (χ1) is 11.3. The molecule has 0 radical (unpaired) electrons. The highest BCUT2D eigenvalue weighted by Gasteiger charge is 2.52. The monoisotopic (exact) mass is 331 g/mol. The molecule has 0 saturated carbocycles. The van der Waals surface area contributed by atoms with E-state index in [2.05, 4.69) is 44.5 Å². The van der Waals surface area contributed by atoms with Gasteiger partial charge >= 0.3 is 7.12 Å². The Balaban J connectivity index is 1.59. The highest BCUT2D eigenvalue weighted by atomic mass is 16.7. The van der Waals surface area contributed by atoms with Gasteiger partial charge < -0.3 is 23.8 Å². The second kappa shape index (κ2) is 5.34. The Bertz CT molecular complexity index is 636. The van der Waals surface area contributed by atoms with Gasteiger partial charge in [0.1, 0.15) is 6.61 Å². The van der Waals surface area contributed by atoms with E-state index in [1.54, 1.807) is 0 Å². The summed E-state index contributed by atoms with van der Waals surface area (Å²) < 4.78 is 18.3. The van der Waals surface area contributed by atoms with Crippen LogP contribution in [0.3, 0.4) is 0 Å². The molecule has 2 saturated heterocycles. The van der Waals surface area contributed by atoms with Crippen LogP contribution in [0.25, 0.3) is 0 Å². The van der Waals surface area contributed by atoms with Crippen molar-refractivity contribution < 1.29 is 14.0 Å². The third kappa shape index (κ3) is 2.50. The molecular weight excluding hydrogens is 305 g/mol. The second-order valence-corrected chi connectivity index (χ2v) is 8.10. The van der Waals surface area contributed by atoms with Crippen LogP contribution in [0.1, 0.15) is 27.7 Å². The third-order valence-corrected chi connectivity index (χ3v) is 5.77. The average Bonchev–Trinajstić information content (AvgIpc) is 2.74. The highest BCUT2D eigenvalue weighted by Crippen LogP contribution is 2.37. The molecule has 0 amide bonds. The summed E-state index contributed by atoms with van der Waals surface area (Å²) in [6.07, 6.45) is 1.87. The van der Waals surface area contributed by atoms with Crippen molar-refractivity contribution in [1.82, 2.24) is 9.88 Å². The minimum Gasteiger partial charge on any atom is -0.488 e. The van der Waals surface area contributed by atoms with E-state index >= 15 is 0 Å². The third-order valence-electron chi connectivity index (χ3n) is 5.77. The van der Waals surface area contributed by atoms with Crippen molar-refractivity contribution in [3.05, 3.63) is 12.3 Å². The molecule has 130 valence electrons. The minimum atomic E-state index is -0.401. The average molecular weight is 331 g/mol. The van der Waals surface area contributed by atoms with Crippen LogP contribution in [0.2, 0.25) is 0 Å². The molecule has 0 aromatic carbocycles. The molecule has 0 aliphatic carbocycles. The minimum absolute atomic E-state index is 0.350. The van der Waals surface area contributed by atoms with Gasteiger partial charge in [-0.15, -0.1) is 0 Å². The first kappa shape index (κ1) is 16.2. The SMILES string of the molecule is CN1CCN2c3ncc(B4OC(C)(C)C(C)(C)O4)cc3OCC2C1. The number of hydrogen-bond acceptors (Lipinski definition) is 6. The van der Waals surface area contributed by atoms with Crippen molar-refractivity contribution in [3.8, 4) is 5.75 Å². The number of likely N-dealkylation sites (N-methyl/N-ethyl adjacent to an activating group) is 1. The van der Waals surface area contributed by atoms with Crippen LogP contribution in [-0.4, -0.2) is 67.5 Å². The van der Waals surface area contributed by atoms with E-state index in [1.807, 2.05) is 12.3 Å². The normalized spacial score (nSPS) is 28.3. The summed E-state index contributed by atoms with van der Waals surface area (Å²) in [5.41, 5.74) is 0.216. The zero-order valence-electron chi connectivity index (χ0n) is 15.2. The van der Waals surface area contributed by atoms with Gasteiger partial charge in [-0.25, -0.2) is 4.98 Å². The summed E-state index contributed by atoms with van der Waals surface area (Å²) in [6, 6.07) is 2.41. The molecule has 3 aliphatic heterocycles. The van der Waals surface area contributed by atoms with Gasteiger partial charge in [-0.05, 0) is 40.8 Å². The van der Waals surface area contributed by atoms with Crippen LogP contribution in [0.15, 0.2) is 12.3 Å². The van der Waals surface area contributed by atoms with Gasteiger partial charge in [-0.1, -0.05) is 0 Å². The molecular formula is C17H26BN3O3. The van der Waals surface area contributed by atoms with E-state index in [0.29, 0.717) is 12.6 Å². The van der Waals surface area contributed by atoms with Gasteiger partial charge in [0.05, 0.1) is 17.2 Å². The maximum Gasteiger partial charge on any atom is 0.496 e. The predicted octanol–water partition coefficient (Wildman–Crippen LogP) is 0.894. The van der Waals surface area contributed by atoms with Gasteiger partial charge in [-0.2, -0.15) is 0 Å². The predicted molar refractivity (Wildman–Crippen MR) is 94.1 cm³/mol. The van der Waals surface area contributed by atoms with Crippen LogP contribution in [0, 0.1) is 0 Å². The van der Waals surface area contributed by atoms with Crippen molar-refractivity contribution in [1.29, 1.82) is 0 Å². The molecule has 3 aliphatic rings. The lowest BCUT2D eigenvalue weighted by atomic mass is 9.80. The smallest absolute Gasteiger partial charge is 0.488 e. The molecule has 7 heteroatoms. The van der Waals surface area contributed by atoms with Crippen LogP contribution >= 0.6 is 0 Å². The highest BCUT2D eigenvalue weighted by molar-refractivity contribution is 6.62. The van der Waals surface area contributed by atoms with Crippen molar-refractivity contribution in [2.75, 3.05) is 38.2 Å². The molecule has 6 nitrogen and oxygen atoms in total. The summed E-state index contributed by atoms with van der Waals surface area (Å²) >= 11 is 0. The number of aromatic nitrogens is 1. The Morgan fingerprint density at radius 1 is 1.17 bits per heavy atom. The van der Waals surface area contributed by atoms with Crippen molar-refractivity contribution in [3.63, 3.8) is 0 Å². The first-order valence-corrected chi connectivity index (χ1v) is 8.70. The van der Waals surface area contributed by atoms with E-state index in [4.69, 9.17) is 19.0 Å². The van der Waals surface area contributed by atoms with Gasteiger partial charge in [0.2, 0.25) is 0 Å². The zero-order valence-corrected chi connectivity index (χ0v) is 15.2. The van der Waals surface area contributed by atoms with E-state index < -0.39 is 7.12 Å². The molecule has 4 heterocycles. The van der Waals surface area contributed by atoms with Gasteiger partial charge in [0.25, 0.3) is 0 Å². The van der Waals surface area contributed by atoms with Crippen LogP contribution in [-0.2, 0) is 9.31 Å². The van der Waals surface area contributed by atoms with Crippen LogP contribution in [0.4, 0.5) is 5.82 Å². The number of nitrogens with zero attached hydrogens (tertiary/aromatic N) is 3. The fraction of sp³-hybridized carbons (Fsp3) is 0.706. The standard InChI is InChI=1S/C17H26BN3O3/c1-16(2)17(3,4)24-18(23-16)12-8-14-15(19-9-12)21-7-6-20(5)10-13(21)11-22-14/h8-9,13H,6-7,10-11H2,1-5H3. The lowest BCUT2D eigenvalue weighted by Crippen LogP contribution is -2.56. The van der Waals surface area contributed by atoms with E-state index in [0.717, 1.165) is 36.7 Å². The Kier molecular flexibility index (Phi) is 3.60. The summed E-state index contributed by atoms with van der Waals surface area (Å²) in [7, 11) is 1.75. The summed E-state index contributed by atoms with van der Waals surface area (Å²) in [5.74, 6) is 1.78. The maximum atomic E-state index is 6.12. The Labute approximate surface area is 144 Å². The van der Waals surface area contributed by atoms with Crippen LogP contribution < -0.4 is 15.1 Å². The van der Waals surface area contributed by atoms with E-state index in [9.17, 15) is 0 Å². The molecule has 1 atom stereocenters. The summed E-state index contributed by atoms with van der Waals surface area (Å²) in [4.78, 5) is 9.40. The fourth-order valence-corrected chi connectivity index (χ4v) is 3.50. The van der Waals surface area contributed by atoms with Crippen molar-refractivity contribution >= 4 is 18.4 Å². The second-order valence-electron chi connectivity index (χ2n) is 8.10. The summed E-state index contributed by atoms with van der Waals surface area (Å²) in [5, 5.41) is 0. The fourth-order valence-electron chi connectivity index (χ4n) is 3.50. The number of anilines is 1. The molecule has 1 unspecified atom stereocenters. The van der Waals surface area contributed by atoms with Crippen molar-refractivity contribution in [2.24, 2.45) is 0 Å².